The fourth-order valence-corrected chi connectivity index (χ4v) is 3.80. The van der Waals surface area contributed by atoms with Gasteiger partial charge in [0.25, 0.3) is 0 Å². The van der Waals surface area contributed by atoms with Crippen LogP contribution in [0.5, 0.6) is 0 Å². The normalized spacial score (nSPS) is 11.8. The molecule has 2 aromatic carbocycles. The number of nitrogens with zero attached hydrogens (tertiary/aromatic N) is 1. The first-order chi connectivity index (χ1) is 11.0. The number of unbranched alkanes of at least 4 members (excludes halogenated alkanes) is 1. The van der Waals surface area contributed by atoms with Gasteiger partial charge in [0.2, 0.25) is 10.0 Å². The molecule has 0 unspecified atom stereocenters. The van der Waals surface area contributed by atoms with Gasteiger partial charge in [-0.2, -0.15) is 4.31 Å². The summed E-state index contributed by atoms with van der Waals surface area (Å²) in [6, 6.07) is 16.5. The topological polar surface area (TPSA) is 57.6 Å². The van der Waals surface area contributed by atoms with Crippen molar-refractivity contribution in [1.82, 2.24) is 4.31 Å². The third kappa shape index (κ3) is 4.89. The minimum absolute atomic E-state index is 0.0732. The van der Waals surface area contributed by atoms with Crippen LogP contribution in [-0.4, -0.2) is 31.0 Å². The van der Waals surface area contributed by atoms with Crippen LogP contribution in [0, 0.1) is 6.92 Å². The van der Waals surface area contributed by atoms with Crippen LogP contribution in [0.3, 0.4) is 0 Å². The van der Waals surface area contributed by atoms with Crippen molar-refractivity contribution in [2.45, 2.75) is 31.2 Å². The van der Waals surface area contributed by atoms with E-state index in [4.69, 9.17) is 5.11 Å². The Bertz CT molecular complexity index is 697. The van der Waals surface area contributed by atoms with Crippen molar-refractivity contribution in [1.29, 1.82) is 0 Å². The molecule has 0 saturated heterocycles. The van der Waals surface area contributed by atoms with Crippen LogP contribution in [-0.2, 0) is 16.6 Å². The van der Waals surface area contributed by atoms with E-state index in [1.54, 1.807) is 24.3 Å². The van der Waals surface area contributed by atoms with Crippen molar-refractivity contribution in [2.24, 2.45) is 0 Å². The summed E-state index contributed by atoms with van der Waals surface area (Å²) in [6.07, 6.45) is 1.23. The zero-order valence-corrected chi connectivity index (χ0v) is 14.2. The molecule has 2 rings (SSSR count). The standard InChI is InChI=1S/C18H23NO3S/c1-16-9-11-18(12-10-16)23(21,22)19(13-5-6-14-20)15-17-7-3-2-4-8-17/h2-4,7-12,20H,5-6,13-15H2,1H3. The van der Waals surface area contributed by atoms with Gasteiger partial charge in [-0.15, -0.1) is 0 Å². The quantitative estimate of drug-likeness (QED) is 0.756. The van der Waals surface area contributed by atoms with Crippen LogP contribution in [0.25, 0.3) is 0 Å². The van der Waals surface area contributed by atoms with Gasteiger partial charge in [0.15, 0.2) is 0 Å². The number of hydrogen-bond acceptors (Lipinski definition) is 3. The molecular weight excluding hydrogens is 310 g/mol. The zero-order chi connectivity index (χ0) is 16.7. The third-order valence-corrected chi connectivity index (χ3v) is 5.54. The molecule has 0 radical (unpaired) electrons. The highest BCUT2D eigenvalue weighted by Crippen LogP contribution is 2.19. The van der Waals surface area contributed by atoms with Crippen molar-refractivity contribution >= 4 is 10.0 Å². The maximum Gasteiger partial charge on any atom is 0.243 e. The highest BCUT2D eigenvalue weighted by atomic mass is 32.2. The second-order valence-electron chi connectivity index (χ2n) is 5.57. The number of aliphatic hydroxyl groups excluding tert-OH is 1. The number of aliphatic hydroxyl groups is 1. The monoisotopic (exact) mass is 333 g/mol. The molecule has 5 heteroatoms. The number of rotatable bonds is 8. The molecule has 0 aromatic heterocycles. The minimum atomic E-state index is -3.54. The van der Waals surface area contributed by atoms with Gasteiger partial charge in [0.1, 0.15) is 0 Å². The largest absolute Gasteiger partial charge is 0.396 e. The molecule has 2 aromatic rings. The van der Waals surface area contributed by atoms with Crippen molar-refractivity contribution < 1.29 is 13.5 Å². The van der Waals surface area contributed by atoms with Gasteiger partial charge in [-0.25, -0.2) is 8.42 Å². The SMILES string of the molecule is Cc1ccc(S(=O)(=O)N(CCCCO)Cc2ccccc2)cc1. The molecule has 1 N–H and O–H groups in total. The molecule has 4 nitrogen and oxygen atoms in total. The average Bonchev–Trinajstić information content (AvgIpc) is 2.55. The first-order valence-electron chi connectivity index (χ1n) is 7.75. The maximum absolute atomic E-state index is 12.9. The van der Waals surface area contributed by atoms with Crippen LogP contribution >= 0.6 is 0 Å². The Hall–Kier alpha value is -1.69. The van der Waals surface area contributed by atoms with Gasteiger partial charge in [-0.3, -0.25) is 0 Å². The van der Waals surface area contributed by atoms with Crippen LogP contribution in [0.4, 0.5) is 0 Å². The lowest BCUT2D eigenvalue weighted by Crippen LogP contribution is -2.31. The van der Waals surface area contributed by atoms with Crippen LogP contribution in [0.15, 0.2) is 59.5 Å². The lowest BCUT2D eigenvalue weighted by molar-refractivity contribution is 0.275. The van der Waals surface area contributed by atoms with Gasteiger partial charge >= 0.3 is 0 Å². The van der Waals surface area contributed by atoms with Gasteiger partial charge in [0, 0.05) is 19.7 Å². The number of sulfonamides is 1. The first-order valence-corrected chi connectivity index (χ1v) is 9.19. The molecule has 0 aliphatic carbocycles. The molecule has 0 heterocycles. The second-order valence-corrected chi connectivity index (χ2v) is 7.51. The number of aryl methyl sites for hydroxylation is 1. The summed E-state index contributed by atoms with van der Waals surface area (Å²) < 4.78 is 27.3. The van der Waals surface area contributed by atoms with E-state index in [0.717, 1.165) is 11.1 Å². The Morgan fingerprint density at radius 3 is 2.22 bits per heavy atom. The summed E-state index contributed by atoms with van der Waals surface area (Å²) in [5.74, 6) is 0. The van der Waals surface area contributed by atoms with Gasteiger partial charge in [-0.05, 0) is 37.5 Å². The zero-order valence-electron chi connectivity index (χ0n) is 13.4. The summed E-state index contributed by atoms with van der Waals surface area (Å²) >= 11 is 0. The molecule has 0 fully saturated rings. The lowest BCUT2D eigenvalue weighted by Gasteiger charge is -2.22. The second kappa shape index (κ2) is 8.24. The summed E-state index contributed by atoms with van der Waals surface area (Å²) in [5, 5.41) is 8.95. The molecule has 0 saturated carbocycles. The molecule has 0 aliphatic heterocycles. The van der Waals surface area contributed by atoms with Crippen LogP contribution in [0.2, 0.25) is 0 Å². The molecule has 0 atom stereocenters. The van der Waals surface area contributed by atoms with Crippen molar-refractivity contribution in [3.63, 3.8) is 0 Å². The van der Waals surface area contributed by atoms with E-state index in [9.17, 15) is 8.42 Å². The van der Waals surface area contributed by atoms with E-state index in [-0.39, 0.29) is 6.61 Å². The maximum atomic E-state index is 12.9. The van der Waals surface area contributed by atoms with Gasteiger partial charge < -0.3 is 5.11 Å². The first kappa shape index (κ1) is 17.7. The van der Waals surface area contributed by atoms with Crippen LogP contribution < -0.4 is 0 Å². The van der Waals surface area contributed by atoms with E-state index in [0.29, 0.717) is 30.8 Å². The highest BCUT2D eigenvalue weighted by molar-refractivity contribution is 7.89. The Morgan fingerprint density at radius 1 is 0.957 bits per heavy atom. The molecule has 0 bridgehead atoms. The minimum Gasteiger partial charge on any atom is -0.396 e. The summed E-state index contributed by atoms with van der Waals surface area (Å²) in [6.45, 7) is 2.73. The Morgan fingerprint density at radius 2 is 1.61 bits per heavy atom. The summed E-state index contributed by atoms with van der Waals surface area (Å²) in [5.41, 5.74) is 1.98. The number of hydrogen-bond donors (Lipinski definition) is 1. The molecule has 0 spiro atoms. The van der Waals surface area contributed by atoms with E-state index >= 15 is 0 Å². The van der Waals surface area contributed by atoms with E-state index in [1.165, 1.54) is 4.31 Å². The molecule has 23 heavy (non-hydrogen) atoms. The predicted molar refractivity (Wildman–Crippen MR) is 91.5 cm³/mol. The predicted octanol–water partition coefficient (Wildman–Crippen LogP) is 2.96. The number of benzene rings is 2. The van der Waals surface area contributed by atoms with E-state index < -0.39 is 10.0 Å². The lowest BCUT2D eigenvalue weighted by atomic mass is 10.2. The van der Waals surface area contributed by atoms with Crippen molar-refractivity contribution in [2.75, 3.05) is 13.2 Å². The third-order valence-electron chi connectivity index (χ3n) is 3.68. The molecule has 0 amide bonds. The smallest absolute Gasteiger partial charge is 0.243 e. The van der Waals surface area contributed by atoms with Crippen molar-refractivity contribution in [3.05, 3.63) is 65.7 Å². The summed E-state index contributed by atoms with van der Waals surface area (Å²) in [4.78, 5) is 0.308. The van der Waals surface area contributed by atoms with Gasteiger partial charge in [0.05, 0.1) is 4.90 Å². The molecule has 0 aliphatic rings. The summed E-state index contributed by atoms with van der Waals surface area (Å²) in [7, 11) is -3.54. The van der Waals surface area contributed by atoms with Gasteiger partial charge in [-0.1, -0.05) is 48.0 Å². The van der Waals surface area contributed by atoms with Crippen molar-refractivity contribution in [3.8, 4) is 0 Å². The van der Waals surface area contributed by atoms with Crippen LogP contribution in [0.1, 0.15) is 24.0 Å². The fraction of sp³-hybridized carbons (Fsp3) is 0.333. The van der Waals surface area contributed by atoms with E-state index in [2.05, 4.69) is 0 Å². The molecular formula is C18H23NO3S. The average molecular weight is 333 g/mol. The highest BCUT2D eigenvalue weighted by Gasteiger charge is 2.24. The molecule has 124 valence electrons. The Balaban J connectivity index is 2.25. The Labute approximate surface area is 138 Å². The fourth-order valence-electron chi connectivity index (χ4n) is 2.33. The van der Waals surface area contributed by atoms with E-state index in [1.807, 2.05) is 37.3 Å². The Kier molecular flexibility index (Phi) is 6.33.